The number of hydrogen-bond donors (Lipinski definition) is 0. The van der Waals surface area contributed by atoms with Gasteiger partial charge in [-0.1, -0.05) is 188 Å². The topological polar surface area (TPSA) is 0 Å². The Morgan fingerprint density at radius 2 is 0.390 bits per heavy atom. The fraction of sp³-hybridized carbons (Fsp3) is 0.750. The van der Waals surface area contributed by atoms with Crippen LogP contribution in [0.4, 0.5) is 0 Å². The van der Waals surface area contributed by atoms with Gasteiger partial charge >= 0.3 is 21.1 Å². The molecule has 0 rings (SSSR count). The molecule has 1 heteroatoms. The van der Waals surface area contributed by atoms with Gasteiger partial charge in [0.1, 0.15) is 0 Å². The summed E-state index contributed by atoms with van der Waals surface area (Å²) >= 11 is 0. The Hall–Kier alpha value is -0.632. The largest absolute Gasteiger partial charge is 4.00 e. The molecule has 0 spiro atoms. The van der Waals surface area contributed by atoms with E-state index in [0.29, 0.717) is 0 Å². The zero-order chi connectivity index (χ0) is 26.9. The molecule has 0 aromatic heterocycles. The summed E-state index contributed by atoms with van der Waals surface area (Å²) in [5.41, 5.74) is 0. The van der Waals surface area contributed by atoms with Gasteiger partial charge in [0.15, 0.2) is 0 Å². The van der Waals surface area contributed by atoms with E-state index in [-0.39, 0.29) is 103 Å². The first kappa shape index (κ1) is 207. The summed E-state index contributed by atoms with van der Waals surface area (Å²) < 4.78 is 0. The monoisotopic (exact) mass is 784 g/mol. The maximum Gasteiger partial charge on any atom is 4.00 e. The van der Waals surface area contributed by atoms with Crippen LogP contribution in [0.2, 0.25) is 0 Å². The predicted octanol–water partition coefficient (Wildman–Crippen LogP) is 17.9. The van der Waals surface area contributed by atoms with Gasteiger partial charge in [-0.3, -0.25) is 0 Å². The number of rotatable bonds is 0. The van der Waals surface area contributed by atoms with Gasteiger partial charge in [-0.05, 0) is 20.8 Å². The molecule has 0 aromatic rings. The molecule has 0 fully saturated rings. The molecule has 278 valence electrons. The molecule has 0 saturated heterocycles. The van der Waals surface area contributed by atoms with E-state index in [1.165, 1.54) is 25.7 Å². The van der Waals surface area contributed by atoms with E-state index in [1.807, 2.05) is 69.2 Å². The SMILES string of the molecule is C.C.C.C.C.C.C.C#C.C#CC.CC.CC.CC.CC.CC#CC.CCC.CCC.CCC.CCC.[CH3-].[CH3-].[CH3-].[CH3-].[Pt+4]. The maximum absolute atomic E-state index is 4.60. The van der Waals surface area contributed by atoms with E-state index < -0.39 is 0 Å². The van der Waals surface area contributed by atoms with E-state index in [2.05, 4.69) is 92.4 Å². The average Bonchev–Trinajstić information content (AvgIpc) is 2.78. The van der Waals surface area contributed by atoms with E-state index >= 15 is 0 Å². The van der Waals surface area contributed by atoms with Gasteiger partial charge in [0.05, 0.1) is 0 Å². The van der Waals surface area contributed by atoms with Crippen LogP contribution in [-0.4, -0.2) is 0 Å². The molecule has 41 heavy (non-hydrogen) atoms. The Bertz CT molecular complexity index is 160. The van der Waals surface area contributed by atoms with Gasteiger partial charge in [-0.2, -0.15) is 0 Å². The van der Waals surface area contributed by atoms with Crippen LogP contribution in [0.5, 0.6) is 0 Å². The van der Waals surface area contributed by atoms with Crippen molar-refractivity contribution >= 4 is 0 Å². The Morgan fingerprint density at radius 3 is 0.390 bits per heavy atom. The summed E-state index contributed by atoms with van der Waals surface area (Å²) in [4.78, 5) is 0. The summed E-state index contributed by atoms with van der Waals surface area (Å²) in [5.74, 6) is 7.61. The van der Waals surface area contributed by atoms with Crippen molar-refractivity contribution in [2.24, 2.45) is 0 Å². The molecule has 0 amide bonds. The zero-order valence-corrected chi connectivity index (χ0v) is 31.6. The van der Waals surface area contributed by atoms with Gasteiger partial charge < -0.3 is 29.7 Å². The second kappa shape index (κ2) is 1430. The molecule has 0 atom stereocenters. The molecular formula is C40H108Pt. The molecule has 0 bridgehead atoms. The molecule has 0 aliphatic carbocycles. The first-order valence-electron chi connectivity index (χ1n) is 12.0. The van der Waals surface area contributed by atoms with Crippen molar-refractivity contribution in [3.63, 3.8) is 0 Å². The number of terminal acetylenes is 2. The van der Waals surface area contributed by atoms with Crippen molar-refractivity contribution < 1.29 is 21.1 Å². The van der Waals surface area contributed by atoms with Crippen LogP contribution in [-0.2, 0) is 21.1 Å². The molecule has 0 aliphatic rings. The van der Waals surface area contributed by atoms with Crippen molar-refractivity contribution in [2.45, 2.75) is 209 Å². The van der Waals surface area contributed by atoms with Crippen LogP contribution in [0.15, 0.2) is 0 Å². The van der Waals surface area contributed by atoms with Crippen LogP contribution in [0.25, 0.3) is 0 Å². The first-order valence-corrected chi connectivity index (χ1v) is 12.0. The summed E-state index contributed by atoms with van der Waals surface area (Å²) in [6.45, 7) is 38.3. The van der Waals surface area contributed by atoms with Crippen LogP contribution in [0.1, 0.15) is 209 Å². The number of hydrogen-bond acceptors (Lipinski definition) is 0. The minimum Gasteiger partial charge on any atom is -0.358 e. The predicted molar refractivity (Wildman–Crippen MR) is 226 cm³/mol. The average molecular weight is 784 g/mol. The van der Waals surface area contributed by atoms with Crippen molar-refractivity contribution in [2.75, 3.05) is 0 Å². The second-order valence-corrected chi connectivity index (χ2v) is 3.62. The first-order chi connectivity index (χ1) is 14.0. The van der Waals surface area contributed by atoms with Gasteiger partial charge in [0.25, 0.3) is 0 Å². The third kappa shape index (κ3) is 405000. The minimum absolute atomic E-state index is 0. The molecule has 0 unspecified atom stereocenters. The standard InChI is InChI=1S/C4H6.4C3H8.C3H4.4C2H6.C2H2.7CH4.4CH3.Pt/c1-3-4-2;5*1-3-2;5*1-2;;;;;;;;;;;;/h1-2H3;4*3H2,1-2H3;1H,2H3;4*1-2H3;1-2H;7*1H4;4*1H3;/q;;;;;;;;;;;;;;;;;;4*-1;+4. The minimum atomic E-state index is 0. The van der Waals surface area contributed by atoms with Gasteiger partial charge in [-0.15, -0.1) is 37.0 Å². The van der Waals surface area contributed by atoms with Crippen molar-refractivity contribution in [3.8, 4) is 37.0 Å². The normalized spacial score (nSPS) is 2.93. The van der Waals surface area contributed by atoms with E-state index in [9.17, 15) is 0 Å². The van der Waals surface area contributed by atoms with E-state index in [1.54, 1.807) is 6.92 Å². The van der Waals surface area contributed by atoms with Gasteiger partial charge in [0, 0.05) is 0 Å². The Morgan fingerprint density at radius 1 is 0.366 bits per heavy atom. The smallest absolute Gasteiger partial charge is 0.358 e. The zero-order valence-electron chi connectivity index (χ0n) is 29.4. The fourth-order valence-electron chi connectivity index (χ4n) is 0. The van der Waals surface area contributed by atoms with Crippen LogP contribution < -0.4 is 0 Å². The molecule has 0 aromatic carbocycles. The molecular weight excluding hydrogens is 676 g/mol. The van der Waals surface area contributed by atoms with Gasteiger partial charge in [0.2, 0.25) is 0 Å². The van der Waals surface area contributed by atoms with E-state index in [0.717, 1.165) is 0 Å². The summed E-state index contributed by atoms with van der Waals surface area (Å²) in [7, 11) is 0. The fourth-order valence-corrected chi connectivity index (χ4v) is 0. The van der Waals surface area contributed by atoms with Crippen molar-refractivity contribution in [1.82, 2.24) is 0 Å². The molecule has 0 heterocycles. The Kier molecular flexibility index (Phi) is 7230. The quantitative estimate of drug-likeness (QED) is 0.170. The summed E-state index contributed by atoms with van der Waals surface area (Å²) in [6, 6.07) is 0. The summed E-state index contributed by atoms with van der Waals surface area (Å²) in [5, 5.41) is 0. The molecule has 0 nitrogen and oxygen atoms in total. The molecule has 0 N–H and O–H groups in total. The molecule has 0 aliphatic heterocycles. The van der Waals surface area contributed by atoms with Crippen LogP contribution in [0, 0.1) is 66.7 Å². The summed E-state index contributed by atoms with van der Waals surface area (Å²) in [6.07, 6.45) is 17.6. The second-order valence-electron chi connectivity index (χ2n) is 3.62. The third-order valence-electron chi connectivity index (χ3n) is 0.250. The van der Waals surface area contributed by atoms with Crippen molar-refractivity contribution in [3.05, 3.63) is 29.7 Å². The molecule has 0 saturated carbocycles. The third-order valence-corrected chi connectivity index (χ3v) is 0.250. The van der Waals surface area contributed by atoms with Gasteiger partial charge in [-0.25, -0.2) is 0 Å². The van der Waals surface area contributed by atoms with Crippen LogP contribution in [0.3, 0.4) is 0 Å². The maximum atomic E-state index is 4.60. The van der Waals surface area contributed by atoms with Crippen molar-refractivity contribution in [1.29, 1.82) is 0 Å². The van der Waals surface area contributed by atoms with Crippen LogP contribution >= 0.6 is 0 Å². The Labute approximate surface area is 295 Å². The van der Waals surface area contributed by atoms with E-state index in [4.69, 9.17) is 0 Å². The molecule has 0 radical (unpaired) electrons. The Balaban J connectivity index is -0.00000000405.